The number of hydrogen-bond donors (Lipinski definition) is 6. The Kier molecular flexibility index (Phi) is 13.9. The highest BCUT2D eigenvalue weighted by Gasteiger charge is 2.42. The molecule has 242 valence electrons. The standard InChI is InChI=1S/C30H56F2N8O2/c1-6-20(7-2)24-9-8-22(31)16-36-19(3)26(28(33)37-24)30(42)38-25-18-34-17-23(32)27(25)40-13-10-21(11-14-40)29(41)35-12-15-39(4)5/h9,19-23,25-28,34,36-37H,6-8,10-18,33H2,1-5H3,(H,35,41)(H,38,42)/b24-9-. The first-order valence-electron chi connectivity index (χ1n) is 16.0. The zero-order valence-electron chi connectivity index (χ0n) is 26.3. The van der Waals surface area contributed by atoms with Gasteiger partial charge in [-0.2, -0.15) is 0 Å². The maximum atomic E-state index is 15.5. The average molecular weight is 599 g/mol. The van der Waals surface area contributed by atoms with E-state index >= 15 is 4.39 Å². The van der Waals surface area contributed by atoms with Crippen LogP contribution in [0.3, 0.4) is 0 Å². The second-order valence-electron chi connectivity index (χ2n) is 12.6. The van der Waals surface area contributed by atoms with Gasteiger partial charge in [0, 0.05) is 50.4 Å². The van der Waals surface area contributed by atoms with Crippen LogP contribution in [0.1, 0.15) is 52.9 Å². The van der Waals surface area contributed by atoms with E-state index in [4.69, 9.17) is 5.73 Å². The molecule has 3 aliphatic rings. The molecule has 3 aliphatic heterocycles. The third-order valence-electron chi connectivity index (χ3n) is 9.24. The number of nitrogens with two attached hydrogens (primary N) is 1. The molecule has 10 nitrogen and oxygen atoms in total. The molecule has 2 saturated heterocycles. The number of hydrogen-bond acceptors (Lipinski definition) is 8. The summed E-state index contributed by atoms with van der Waals surface area (Å²) >= 11 is 0. The number of nitrogens with zero attached hydrogens (tertiary/aromatic N) is 2. The van der Waals surface area contributed by atoms with Crippen molar-refractivity contribution in [1.82, 2.24) is 36.4 Å². The minimum atomic E-state index is -1.17. The van der Waals surface area contributed by atoms with Gasteiger partial charge in [0.2, 0.25) is 11.8 Å². The van der Waals surface area contributed by atoms with E-state index < -0.39 is 42.6 Å². The van der Waals surface area contributed by atoms with Gasteiger partial charge in [-0.15, -0.1) is 0 Å². The zero-order valence-corrected chi connectivity index (χ0v) is 26.3. The molecule has 0 bridgehead atoms. The van der Waals surface area contributed by atoms with Gasteiger partial charge in [0.1, 0.15) is 12.3 Å². The molecule has 2 fully saturated rings. The summed E-state index contributed by atoms with van der Waals surface area (Å²) in [5.74, 6) is -0.820. The molecule has 0 aromatic carbocycles. The molecular formula is C30H56F2N8O2. The number of likely N-dealkylation sites (tertiary alicyclic amines) is 1. The summed E-state index contributed by atoms with van der Waals surface area (Å²) in [4.78, 5) is 30.6. The Morgan fingerprint density at radius 3 is 2.45 bits per heavy atom. The van der Waals surface area contributed by atoms with Crippen molar-refractivity contribution in [2.24, 2.45) is 23.5 Å². The second-order valence-corrected chi connectivity index (χ2v) is 12.6. The summed E-state index contributed by atoms with van der Waals surface area (Å²) in [6, 6.07) is -1.37. The molecule has 0 radical (unpaired) electrons. The van der Waals surface area contributed by atoms with Crippen LogP contribution in [0.15, 0.2) is 11.8 Å². The monoisotopic (exact) mass is 598 g/mol. The van der Waals surface area contributed by atoms with Crippen LogP contribution < -0.4 is 32.3 Å². The highest BCUT2D eigenvalue weighted by atomic mass is 19.1. The lowest BCUT2D eigenvalue weighted by Gasteiger charge is -2.45. The molecule has 12 heteroatoms. The number of nitrogens with one attached hydrogen (secondary N) is 5. The number of likely N-dealkylation sites (N-methyl/N-ethyl adjacent to an activating group) is 1. The fraction of sp³-hybridized carbons (Fsp3) is 0.867. The lowest BCUT2D eigenvalue weighted by atomic mass is 9.89. The van der Waals surface area contributed by atoms with Gasteiger partial charge in [-0.05, 0) is 72.1 Å². The number of piperidine rings is 2. The third-order valence-corrected chi connectivity index (χ3v) is 9.24. The number of halogens is 2. The SMILES string of the molecule is CCC(CC)/C1=C/CC(F)CNC(C)C(C(=O)NC2CNCC(F)C2N2CCC(C(=O)NCCN(C)C)CC2)C(N)N1. The quantitative estimate of drug-likeness (QED) is 0.217. The van der Waals surface area contributed by atoms with Crippen molar-refractivity contribution in [3.05, 3.63) is 11.8 Å². The van der Waals surface area contributed by atoms with Crippen LogP contribution in [-0.4, -0.2) is 118 Å². The van der Waals surface area contributed by atoms with E-state index in [1.165, 1.54) is 0 Å². The van der Waals surface area contributed by atoms with Gasteiger partial charge in [-0.25, -0.2) is 8.78 Å². The van der Waals surface area contributed by atoms with Crippen molar-refractivity contribution < 1.29 is 18.4 Å². The fourth-order valence-electron chi connectivity index (χ4n) is 6.61. The van der Waals surface area contributed by atoms with Crippen LogP contribution in [-0.2, 0) is 9.59 Å². The molecule has 3 heterocycles. The summed E-state index contributed by atoms with van der Waals surface area (Å²) in [5.41, 5.74) is 7.54. The Balaban J connectivity index is 1.68. The van der Waals surface area contributed by atoms with Gasteiger partial charge in [-0.3, -0.25) is 14.5 Å². The number of allylic oxidation sites excluding steroid dienone is 2. The molecule has 0 aliphatic carbocycles. The van der Waals surface area contributed by atoms with E-state index in [2.05, 4.69) is 45.3 Å². The van der Waals surface area contributed by atoms with Crippen LogP contribution >= 0.6 is 0 Å². The number of rotatable bonds is 10. The van der Waals surface area contributed by atoms with Crippen molar-refractivity contribution in [1.29, 1.82) is 0 Å². The highest BCUT2D eigenvalue weighted by molar-refractivity contribution is 5.80. The van der Waals surface area contributed by atoms with E-state index in [-0.39, 0.29) is 43.2 Å². The number of alkyl halides is 2. The molecule has 7 atom stereocenters. The fourth-order valence-corrected chi connectivity index (χ4v) is 6.61. The van der Waals surface area contributed by atoms with E-state index in [0.717, 1.165) is 25.1 Å². The summed E-state index contributed by atoms with van der Waals surface area (Å²) < 4.78 is 30.1. The van der Waals surface area contributed by atoms with Crippen LogP contribution in [0.4, 0.5) is 8.78 Å². The molecule has 7 N–H and O–H groups in total. The van der Waals surface area contributed by atoms with E-state index in [0.29, 0.717) is 39.0 Å². The van der Waals surface area contributed by atoms with Crippen LogP contribution in [0.5, 0.6) is 0 Å². The number of carbonyl (C=O) groups excluding carboxylic acids is 2. The maximum Gasteiger partial charge on any atom is 0.228 e. The third kappa shape index (κ3) is 9.57. The predicted molar refractivity (Wildman–Crippen MR) is 163 cm³/mol. The molecular weight excluding hydrogens is 542 g/mol. The first kappa shape index (κ1) is 34.6. The summed E-state index contributed by atoms with van der Waals surface area (Å²) in [7, 11) is 3.94. The lowest BCUT2D eigenvalue weighted by Crippen LogP contribution is -2.68. The van der Waals surface area contributed by atoms with Crippen molar-refractivity contribution in [3.8, 4) is 0 Å². The number of amides is 2. The average Bonchev–Trinajstić information content (AvgIpc) is 2.95. The summed E-state index contributed by atoms with van der Waals surface area (Å²) in [6.07, 6.45) is 2.29. The topological polar surface area (TPSA) is 127 Å². The molecule has 3 rings (SSSR count). The normalized spacial score (nSPS) is 33.5. The predicted octanol–water partition coefficient (Wildman–Crippen LogP) is 0.702. The molecule has 0 aromatic rings. The van der Waals surface area contributed by atoms with E-state index in [9.17, 15) is 14.0 Å². The van der Waals surface area contributed by atoms with Crippen molar-refractivity contribution in [2.45, 2.75) is 89.5 Å². The molecule has 42 heavy (non-hydrogen) atoms. The Morgan fingerprint density at radius 1 is 1.12 bits per heavy atom. The Bertz CT molecular complexity index is 881. The molecule has 0 saturated carbocycles. The molecule has 0 aromatic heterocycles. The van der Waals surface area contributed by atoms with Gasteiger partial charge in [0.15, 0.2) is 0 Å². The van der Waals surface area contributed by atoms with E-state index in [1.54, 1.807) is 0 Å². The summed E-state index contributed by atoms with van der Waals surface area (Å²) in [5, 5.41) is 15.8. The minimum absolute atomic E-state index is 0.0553. The van der Waals surface area contributed by atoms with Gasteiger partial charge in [0.05, 0.1) is 24.2 Å². The number of carbonyl (C=O) groups is 2. The molecule has 0 spiro atoms. The first-order valence-corrected chi connectivity index (χ1v) is 16.0. The highest BCUT2D eigenvalue weighted by Crippen LogP contribution is 2.25. The molecule has 2 amide bonds. The lowest BCUT2D eigenvalue weighted by molar-refractivity contribution is -0.128. The maximum absolute atomic E-state index is 15.5. The summed E-state index contributed by atoms with van der Waals surface area (Å²) in [6.45, 7) is 9.37. The van der Waals surface area contributed by atoms with Gasteiger partial charge >= 0.3 is 0 Å². The Morgan fingerprint density at radius 2 is 1.81 bits per heavy atom. The van der Waals surface area contributed by atoms with Crippen molar-refractivity contribution in [2.75, 3.05) is 59.9 Å². The molecule has 7 unspecified atom stereocenters. The second kappa shape index (κ2) is 16.8. The van der Waals surface area contributed by atoms with Crippen LogP contribution in [0.2, 0.25) is 0 Å². The minimum Gasteiger partial charge on any atom is -0.373 e. The van der Waals surface area contributed by atoms with Crippen LogP contribution in [0, 0.1) is 17.8 Å². The Labute approximate surface area is 251 Å². The Hall–Kier alpha value is -1.86. The van der Waals surface area contributed by atoms with Crippen molar-refractivity contribution in [3.63, 3.8) is 0 Å². The zero-order chi connectivity index (χ0) is 30.8. The van der Waals surface area contributed by atoms with Crippen molar-refractivity contribution >= 4 is 11.8 Å². The van der Waals surface area contributed by atoms with Gasteiger partial charge in [-0.1, -0.05) is 19.9 Å². The largest absolute Gasteiger partial charge is 0.373 e. The van der Waals surface area contributed by atoms with Crippen LogP contribution in [0.25, 0.3) is 0 Å². The first-order chi connectivity index (χ1) is 20.0. The van der Waals surface area contributed by atoms with Gasteiger partial charge < -0.3 is 37.2 Å². The van der Waals surface area contributed by atoms with Gasteiger partial charge in [0.25, 0.3) is 0 Å². The van der Waals surface area contributed by atoms with E-state index in [1.807, 2.05) is 32.0 Å². The smallest absolute Gasteiger partial charge is 0.228 e.